The van der Waals surface area contributed by atoms with Crippen molar-refractivity contribution in [2.45, 2.75) is 33.4 Å². The van der Waals surface area contributed by atoms with Gasteiger partial charge in [0, 0.05) is 44.8 Å². The summed E-state index contributed by atoms with van der Waals surface area (Å²) in [6, 6.07) is 10.4. The van der Waals surface area contributed by atoms with Crippen LogP contribution in [0.3, 0.4) is 0 Å². The highest BCUT2D eigenvalue weighted by Gasteiger charge is 2.09. The third-order valence-corrected chi connectivity index (χ3v) is 4.34. The minimum absolute atomic E-state index is 0. The zero-order valence-electron chi connectivity index (χ0n) is 16.6. The van der Waals surface area contributed by atoms with E-state index in [-0.39, 0.29) is 24.0 Å². The number of hydrogen-bond acceptors (Lipinski definition) is 3. The standard InChI is InChI=1S/C20H27N7.HI/c1-16-13-17(2)27(25-16)19-8-5-4-7-18(19)14-24-20(21-3)23-9-6-11-26-12-10-22-15-26;/h4-5,7-8,10,12-13,15H,6,9,11,14H2,1-3H3,(H2,21,23,24);1H. The van der Waals surface area contributed by atoms with Gasteiger partial charge < -0.3 is 15.2 Å². The Kier molecular flexibility index (Phi) is 8.49. The van der Waals surface area contributed by atoms with E-state index >= 15 is 0 Å². The zero-order valence-corrected chi connectivity index (χ0v) is 18.9. The molecule has 0 aliphatic rings. The lowest BCUT2D eigenvalue weighted by molar-refractivity contribution is 0.624. The van der Waals surface area contributed by atoms with Crippen LogP contribution in [0.25, 0.3) is 5.69 Å². The molecule has 0 saturated carbocycles. The number of halogens is 1. The summed E-state index contributed by atoms with van der Waals surface area (Å²) in [7, 11) is 1.79. The largest absolute Gasteiger partial charge is 0.356 e. The number of aromatic nitrogens is 4. The molecule has 0 amide bonds. The first-order chi connectivity index (χ1) is 13.2. The van der Waals surface area contributed by atoms with Crippen molar-refractivity contribution < 1.29 is 0 Å². The Hall–Kier alpha value is -2.36. The minimum atomic E-state index is 0. The maximum atomic E-state index is 4.61. The molecule has 0 unspecified atom stereocenters. The van der Waals surface area contributed by atoms with E-state index in [2.05, 4.69) is 55.4 Å². The van der Waals surface area contributed by atoms with E-state index in [0.29, 0.717) is 6.54 Å². The molecule has 0 spiro atoms. The van der Waals surface area contributed by atoms with Crippen molar-refractivity contribution in [2.24, 2.45) is 4.99 Å². The molecule has 150 valence electrons. The Morgan fingerprint density at radius 2 is 2.00 bits per heavy atom. The van der Waals surface area contributed by atoms with Gasteiger partial charge in [-0.25, -0.2) is 9.67 Å². The first-order valence-electron chi connectivity index (χ1n) is 9.19. The molecular weight excluding hydrogens is 465 g/mol. The van der Waals surface area contributed by atoms with E-state index in [9.17, 15) is 0 Å². The molecule has 8 heteroatoms. The van der Waals surface area contributed by atoms with Crippen molar-refractivity contribution in [1.82, 2.24) is 30.0 Å². The van der Waals surface area contributed by atoms with E-state index in [0.717, 1.165) is 42.5 Å². The van der Waals surface area contributed by atoms with Crippen LogP contribution in [-0.2, 0) is 13.1 Å². The number of guanidine groups is 1. The van der Waals surface area contributed by atoms with E-state index < -0.39 is 0 Å². The number of aliphatic imine (C=N–C) groups is 1. The fourth-order valence-electron chi connectivity index (χ4n) is 3.03. The molecule has 3 aromatic rings. The highest BCUT2D eigenvalue weighted by Crippen LogP contribution is 2.16. The van der Waals surface area contributed by atoms with E-state index in [4.69, 9.17) is 0 Å². The third-order valence-electron chi connectivity index (χ3n) is 4.34. The molecule has 0 aliphatic carbocycles. The SMILES string of the molecule is CN=C(NCCCn1ccnc1)NCc1ccccc1-n1nc(C)cc1C.I. The normalized spacial score (nSPS) is 11.2. The molecular formula is C20H28IN7. The number of nitrogens with zero attached hydrogens (tertiary/aromatic N) is 5. The van der Waals surface area contributed by atoms with Gasteiger partial charge in [0.2, 0.25) is 0 Å². The second-order valence-electron chi connectivity index (χ2n) is 6.47. The smallest absolute Gasteiger partial charge is 0.191 e. The summed E-state index contributed by atoms with van der Waals surface area (Å²) in [5.74, 6) is 0.795. The first-order valence-corrected chi connectivity index (χ1v) is 9.19. The molecule has 3 rings (SSSR count). The summed E-state index contributed by atoms with van der Waals surface area (Å²) in [4.78, 5) is 8.37. The van der Waals surface area contributed by atoms with Crippen molar-refractivity contribution in [3.8, 4) is 5.69 Å². The molecule has 0 radical (unpaired) electrons. The molecule has 0 bridgehead atoms. The van der Waals surface area contributed by atoms with Crippen LogP contribution in [0.5, 0.6) is 0 Å². The van der Waals surface area contributed by atoms with Gasteiger partial charge in [0.1, 0.15) is 0 Å². The van der Waals surface area contributed by atoms with Crippen LogP contribution in [0.15, 0.2) is 54.0 Å². The lowest BCUT2D eigenvalue weighted by atomic mass is 10.1. The van der Waals surface area contributed by atoms with E-state index in [1.54, 1.807) is 13.2 Å². The number of rotatable bonds is 7. The van der Waals surface area contributed by atoms with Gasteiger partial charge in [-0.2, -0.15) is 5.10 Å². The van der Waals surface area contributed by atoms with E-state index in [1.807, 2.05) is 36.3 Å². The molecule has 0 aliphatic heterocycles. The lowest BCUT2D eigenvalue weighted by Gasteiger charge is -2.15. The Morgan fingerprint density at radius 1 is 1.18 bits per heavy atom. The van der Waals surface area contributed by atoms with Crippen molar-refractivity contribution in [2.75, 3.05) is 13.6 Å². The average Bonchev–Trinajstić information content (AvgIpc) is 3.30. The van der Waals surface area contributed by atoms with Gasteiger partial charge in [-0.15, -0.1) is 24.0 Å². The molecule has 0 atom stereocenters. The number of nitrogens with one attached hydrogen (secondary N) is 2. The second kappa shape index (κ2) is 10.8. The monoisotopic (exact) mass is 493 g/mol. The first kappa shape index (κ1) is 21.9. The lowest BCUT2D eigenvalue weighted by Crippen LogP contribution is -2.37. The molecule has 0 fully saturated rings. The highest BCUT2D eigenvalue weighted by atomic mass is 127. The zero-order chi connectivity index (χ0) is 19.1. The molecule has 2 heterocycles. The predicted molar refractivity (Wildman–Crippen MR) is 123 cm³/mol. The van der Waals surface area contributed by atoms with Gasteiger partial charge in [-0.05, 0) is 38.0 Å². The van der Waals surface area contributed by atoms with Gasteiger partial charge in [0.15, 0.2) is 5.96 Å². The Labute approximate surface area is 183 Å². The van der Waals surface area contributed by atoms with Crippen LogP contribution in [0.2, 0.25) is 0 Å². The molecule has 0 saturated heterocycles. The van der Waals surface area contributed by atoms with E-state index in [1.165, 1.54) is 5.56 Å². The van der Waals surface area contributed by atoms with Gasteiger partial charge >= 0.3 is 0 Å². The number of aryl methyl sites for hydroxylation is 3. The van der Waals surface area contributed by atoms with Crippen molar-refractivity contribution in [1.29, 1.82) is 0 Å². The second-order valence-corrected chi connectivity index (χ2v) is 6.47. The van der Waals surface area contributed by atoms with Gasteiger partial charge in [-0.1, -0.05) is 18.2 Å². The molecule has 7 nitrogen and oxygen atoms in total. The highest BCUT2D eigenvalue weighted by molar-refractivity contribution is 14.0. The Bertz CT molecular complexity index is 884. The van der Waals surface area contributed by atoms with Crippen LogP contribution in [0.4, 0.5) is 0 Å². The van der Waals surface area contributed by atoms with Crippen LogP contribution in [-0.4, -0.2) is 38.9 Å². The fraction of sp³-hybridized carbons (Fsp3) is 0.350. The quantitative estimate of drug-likeness (QED) is 0.230. The number of benzene rings is 1. The summed E-state index contributed by atoms with van der Waals surface area (Å²) in [6.45, 7) is 6.54. The molecule has 2 N–H and O–H groups in total. The Balaban J connectivity index is 0.00000280. The summed E-state index contributed by atoms with van der Waals surface area (Å²) in [5, 5.41) is 11.4. The van der Waals surface area contributed by atoms with Crippen LogP contribution in [0.1, 0.15) is 23.4 Å². The number of para-hydroxylation sites is 1. The topological polar surface area (TPSA) is 72.1 Å². The van der Waals surface area contributed by atoms with Crippen LogP contribution < -0.4 is 10.6 Å². The summed E-state index contributed by atoms with van der Waals surface area (Å²) >= 11 is 0. The van der Waals surface area contributed by atoms with Crippen LogP contribution in [0, 0.1) is 13.8 Å². The molecule has 2 aromatic heterocycles. The maximum absolute atomic E-state index is 4.61. The maximum Gasteiger partial charge on any atom is 0.191 e. The predicted octanol–water partition coefficient (Wildman–Crippen LogP) is 3.06. The summed E-state index contributed by atoms with van der Waals surface area (Å²) in [5.41, 5.74) is 4.41. The summed E-state index contributed by atoms with van der Waals surface area (Å²) in [6.07, 6.45) is 6.61. The van der Waals surface area contributed by atoms with Crippen molar-refractivity contribution in [3.63, 3.8) is 0 Å². The van der Waals surface area contributed by atoms with Crippen molar-refractivity contribution >= 4 is 29.9 Å². The fourth-order valence-corrected chi connectivity index (χ4v) is 3.03. The summed E-state index contributed by atoms with van der Waals surface area (Å²) < 4.78 is 4.07. The van der Waals surface area contributed by atoms with Crippen molar-refractivity contribution in [3.05, 3.63) is 66.0 Å². The number of imidazole rings is 1. The number of hydrogen-bond donors (Lipinski definition) is 2. The van der Waals surface area contributed by atoms with Gasteiger partial charge in [0.05, 0.1) is 17.7 Å². The minimum Gasteiger partial charge on any atom is -0.356 e. The van der Waals surface area contributed by atoms with Gasteiger partial charge in [-0.3, -0.25) is 4.99 Å². The third kappa shape index (κ3) is 5.82. The van der Waals surface area contributed by atoms with Crippen LogP contribution >= 0.6 is 24.0 Å². The molecule has 28 heavy (non-hydrogen) atoms. The Morgan fingerprint density at radius 3 is 2.68 bits per heavy atom. The average molecular weight is 493 g/mol. The van der Waals surface area contributed by atoms with Gasteiger partial charge in [0.25, 0.3) is 0 Å². The molecule has 1 aromatic carbocycles.